The molecule has 1 aromatic rings. The second-order valence-electron chi connectivity index (χ2n) is 3.95. The largest absolute Gasteiger partial charge is 0.497 e. The summed E-state index contributed by atoms with van der Waals surface area (Å²) in [6.45, 7) is 3.50. The highest BCUT2D eigenvalue weighted by Gasteiger charge is 2.20. The average Bonchev–Trinajstić information content (AvgIpc) is 2.37. The van der Waals surface area contributed by atoms with Gasteiger partial charge in [0.05, 0.1) is 12.0 Å². The summed E-state index contributed by atoms with van der Waals surface area (Å²) in [6.07, 6.45) is 0.587. The van der Waals surface area contributed by atoms with Crippen LogP contribution in [-0.2, 0) is 14.8 Å². The first-order valence-electron chi connectivity index (χ1n) is 5.61. The van der Waals surface area contributed by atoms with Crippen LogP contribution in [0.15, 0.2) is 29.2 Å². The van der Waals surface area contributed by atoms with Gasteiger partial charge in [0.15, 0.2) is 0 Å². The van der Waals surface area contributed by atoms with Crippen molar-refractivity contribution in [2.24, 2.45) is 5.92 Å². The van der Waals surface area contributed by atoms with Gasteiger partial charge in [-0.1, -0.05) is 13.8 Å². The molecule has 0 saturated heterocycles. The molecule has 0 unspecified atom stereocenters. The van der Waals surface area contributed by atoms with Crippen LogP contribution in [0.4, 0.5) is 0 Å². The second-order valence-corrected chi connectivity index (χ2v) is 5.64. The number of methoxy groups -OCH3 is 1. The summed E-state index contributed by atoms with van der Waals surface area (Å²) >= 11 is 0. The maximum atomic E-state index is 11.9. The Labute approximate surface area is 107 Å². The molecule has 1 atom stereocenters. The van der Waals surface area contributed by atoms with E-state index >= 15 is 0 Å². The SMILES string of the molecule is CC[C@H](C)C(=O)NS(=O)(=O)c1ccc(OC)cc1. The van der Waals surface area contributed by atoms with Crippen molar-refractivity contribution in [3.05, 3.63) is 24.3 Å². The summed E-state index contributed by atoms with van der Waals surface area (Å²) in [5, 5.41) is 0. The van der Waals surface area contributed by atoms with E-state index in [1.165, 1.54) is 31.4 Å². The fourth-order valence-electron chi connectivity index (χ4n) is 1.23. The van der Waals surface area contributed by atoms with Crippen LogP contribution in [0.1, 0.15) is 20.3 Å². The highest BCUT2D eigenvalue weighted by Crippen LogP contribution is 2.15. The highest BCUT2D eigenvalue weighted by atomic mass is 32.2. The molecule has 0 aliphatic carbocycles. The Morgan fingerprint density at radius 2 is 1.89 bits per heavy atom. The van der Waals surface area contributed by atoms with E-state index in [-0.39, 0.29) is 10.8 Å². The van der Waals surface area contributed by atoms with E-state index in [0.717, 1.165) is 0 Å². The van der Waals surface area contributed by atoms with Crippen LogP contribution >= 0.6 is 0 Å². The summed E-state index contributed by atoms with van der Waals surface area (Å²) in [7, 11) is -2.30. The molecule has 0 radical (unpaired) electrons. The van der Waals surface area contributed by atoms with Gasteiger partial charge in [0, 0.05) is 5.92 Å². The number of nitrogens with one attached hydrogen (secondary N) is 1. The average molecular weight is 271 g/mol. The van der Waals surface area contributed by atoms with Gasteiger partial charge in [-0.2, -0.15) is 0 Å². The minimum absolute atomic E-state index is 0.0416. The van der Waals surface area contributed by atoms with Crippen molar-refractivity contribution in [3.8, 4) is 5.75 Å². The van der Waals surface area contributed by atoms with Gasteiger partial charge in [-0.15, -0.1) is 0 Å². The third kappa shape index (κ3) is 3.46. The van der Waals surface area contributed by atoms with Crippen LogP contribution in [-0.4, -0.2) is 21.4 Å². The number of carbonyl (C=O) groups is 1. The maximum absolute atomic E-state index is 11.9. The fraction of sp³-hybridized carbons (Fsp3) is 0.417. The minimum atomic E-state index is -3.79. The van der Waals surface area contributed by atoms with Crippen molar-refractivity contribution in [2.75, 3.05) is 7.11 Å². The Bertz CT molecular complexity index is 507. The number of ether oxygens (including phenoxy) is 1. The van der Waals surface area contributed by atoms with E-state index in [9.17, 15) is 13.2 Å². The zero-order chi connectivity index (χ0) is 13.8. The van der Waals surface area contributed by atoms with E-state index in [2.05, 4.69) is 4.72 Å². The Balaban J connectivity index is 2.89. The standard InChI is InChI=1S/C12H17NO4S/c1-4-9(2)12(14)13-18(15,16)11-7-5-10(17-3)6-8-11/h5-9H,4H2,1-3H3,(H,13,14)/t9-/m0/s1. The van der Waals surface area contributed by atoms with Gasteiger partial charge < -0.3 is 4.74 Å². The molecule has 0 bridgehead atoms. The predicted octanol–water partition coefficient (Wildman–Crippen LogP) is 1.55. The van der Waals surface area contributed by atoms with Crippen molar-refractivity contribution in [2.45, 2.75) is 25.2 Å². The van der Waals surface area contributed by atoms with Crippen LogP contribution in [0, 0.1) is 5.92 Å². The van der Waals surface area contributed by atoms with E-state index in [1.807, 2.05) is 6.92 Å². The smallest absolute Gasteiger partial charge is 0.264 e. The first-order chi connectivity index (χ1) is 8.40. The van der Waals surface area contributed by atoms with Crippen LogP contribution in [0.3, 0.4) is 0 Å². The number of carbonyl (C=O) groups excluding carboxylic acids is 1. The lowest BCUT2D eigenvalue weighted by atomic mass is 10.1. The first-order valence-corrected chi connectivity index (χ1v) is 7.09. The predicted molar refractivity (Wildman–Crippen MR) is 67.8 cm³/mol. The van der Waals surface area contributed by atoms with Gasteiger partial charge >= 0.3 is 0 Å². The van der Waals surface area contributed by atoms with Gasteiger partial charge in [-0.05, 0) is 30.7 Å². The summed E-state index contributed by atoms with van der Waals surface area (Å²) in [5.41, 5.74) is 0. The van der Waals surface area contributed by atoms with Crippen molar-refractivity contribution < 1.29 is 17.9 Å². The van der Waals surface area contributed by atoms with Gasteiger partial charge in [0.1, 0.15) is 5.75 Å². The Kier molecular flexibility index (Phi) is 4.72. The monoisotopic (exact) mass is 271 g/mol. The maximum Gasteiger partial charge on any atom is 0.264 e. The number of hydrogen-bond acceptors (Lipinski definition) is 4. The molecule has 18 heavy (non-hydrogen) atoms. The molecule has 1 rings (SSSR count). The lowest BCUT2D eigenvalue weighted by Crippen LogP contribution is -2.34. The fourth-order valence-corrected chi connectivity index (χ4v) is 2.31. The normalized spacial score (nSPS) is 12.8. The lowest BCUT2D eigenvalue weighted by Gasteiger charge is -2.10. The number of sulfonamides is 1. The Morgan fingerprint density at radius 1 is 1.33 bits per heavy atom. The van der Waals surface area contributed by atoms with Gasteiger partial charge in [0.25, 0.3) is 10.0 Å². The number of amides is 1. The zero-order valence-electron chi connectivity index (χ0n) is 10.6. The molecule has 6 heteroatoms. The summed E-state index contributed by atoms with van der Waals surface area (Å²) in [6, 6.07) is 5.85. The summed E-state index contributed by atoms with van der Waals surface area (Å²) < 4.78 is 30.8. The molecule has 0 spiro atoms. The van der Waals surface area contributed by atoms with E-state index in [0.29, 0.717) is 12.2 Å². The van der Waals surface area contributed by atoms with Crippen molar-refractivity contribution in [1.82, 2.24) is 4.72 Å². The van der Waals surface area contributed by atoms with E-state index in [4.69, 9.17) is 4.74 Å². The van der Waals surface area contributed by atoms with Crippen LogP contribution < -0.4 is 9.46 Å². The molecule has 5 nitrogen and oxygen atoms in total. The molecule has 1 N–H and O–H groups in total. The molecule has 0 fully saturated rings. The third-order valence-corrected chi connectivity index (χ3v) is 4.03. The second kappa shape index (κ2) is 5.86. The first kappa shape index (κ1) is 14.5. The van der Waals surface area contributed by atoms with E-state index in [1.54, 1.807) is 6.92 Å². The molecule has 0 aromatic heterocycles. The molecular formula is C12H17NO4S. The molecule has 1 amide bonds. The minimum Gasteiger partial charge on any atom is -0.497 e. The van der Waals surface area contributed by atoms with Gasteiger partial charge in [-0.25, -0.2) is 13.1 Å². The van der Waals surface area contributed by atoms with Crippen LogP contribution in [0.2, 0.25) is 0 Å². The highest BCUT2D eigenvalue weighted by molar-refractivity contribution is 7.90. The number of rotatable bonds is 5. The molecule has 1 aromatic carbocycles. The molecule has 0 saturated carbocycles. The van der Waals surface area contributed by atoms with Crippen LogP contribution in [0.25, 0.3) is 0 Å². The third-order valence-electron chi connectivity index (χ3n) is 2.66. The molecule has 0 heterocycles. The van der Waals surface area contributed by atoms with Crippen molar-refractivity contribution in [3.63, 3.8) is 0 Å². The Hall–Kier alpha value is -1.56. The summed E-state index contributed by atoms with van der Waals surface area (Å²) in [4.78, 5) is 11.6. The van der Waals surface area contributed by atoms with Gasteiger partial charge in [-0.3, -0.25) is 4.79 Å². The topological polar surface area (TPSA) is 72.5 Å². The lowest BCUT2D eigenvalue weighted by molar-refractivity contribution is -0.122. The molecule has 0 aliphatic rings. The molecular weight excluding hydrogens is 254 g/mol. The van der Waals surface area contributed by atoms with Crippen molar-refractivity contribution in [1.29, 1.82) is 0 Å². The number of hydrogen-bond donors (Lipinski definition) is 1. The quantitative estimate of drug-likeness (QED) is 0.881. The Morgan fingerprint density at radius 3 is 2.33 bits per heavy atom. The summed E-state index contributed by atoms with van der Waals surface area (Å²) in [5.74, 6) is -0.270. The molecule has 0 aliphatic heterocycles. The van der Waals surface area contributed by atoms with Crippen LogP contribution in [0.5, 0.6) is 5.75 Å². The zero-order valence-corrected chi connectivity index (χ0v) is 11.5. The van der Waals surface area contributed by atoms with E-state index < -0.39 is 15.9 Å². The molecule has 100 valence electrons. The van der Waals surface area contributed by atoms with Gasteiger partial charge in [0.2, 0.25) is 5.91 Å². The number of benzene rings is 1. The van der Waals surface area contributed by atoms with Crippen molar-refractivity contribution >= 4 is 15.9 Å².